The Kier molecular flexibility index (Phi) is 2.56. The molecule has 0 aliphatic carbocycles. The van der Waals surface area contributed by atoms with Crippen LogP contribution in [0.2, 0.25) is 0 Å². The van der Waals surface area contributed by atoms with Crippen molar-refractivity contribution in [3.8, 4) is 0 Å². The zero-order valence-corrected chi connectivity index (χ0v) is 9.45. The van der Waals surface area contributed by atoms with Crippen LogP contribution in [0.3, 0.4) is 0 Å². The number of hydrogen-bond donors (Lipinski definition) is 1. The molecule has 0 aliphatic rings. The van der Waals surface area contributed by atoms with Gasteiger partial charge in [-0.25, -0.2) is 0 Å². The minimum atomic E-state index is 0.0286. The molecule has 0 saturated carbocycles. The van der Waals surface area contributed by atoms with Crippen LogP contribution in [0, 0.1) is 0 Å². The molecule has 0 atom stereocenters. The van der Waals surface area contributed by atoms with Gasteiger partial charge in [0, 0.05) is 16.4 Å². The van der Waals surface area contributed by atoms with Gasteiger partial charge in [-0.2, -0.15) is 5.10 Å². The smallest absolute Gasteiger partial charge is 0.107 e. The first kappa shape index (κ1) is 9.68. The molecule has 1 aromatic heterocycles. The predicted octanol–water partition coefficient (Wildman–Crippen LogP) is 2.31. The van der Waals surface area contributed by atoms with E-state index in [0.29, 0.717) is 0 Å². The molecule has 0 saturated heterocycles. The van der Waals surface area contributed by atoms with Crippen LogP contribution in [0.15, 0.2) is 22.7 Å². The Labute approximate surface area is 90.5 Å². The highest BCUT2D eigenvalue weighted by molar-refractivity contribution is 9.10. The van der Waals surface area contributed by atoms with E-state index in [1.54, 1.807) is 0 Å². The molecule has 0 radical (unpaired) electrons. The Morgan fingerprint density at radius 3 is 2.93 bits per heavy atom. The fourth-order valence-corrected chi connectivity index (χ4v) is 2.04. The molecule has 1 aromatic carbocycles. The number of aromatic nitrogens is 2. The van der Waals surface area contributed by atoms with Crippen molar-refractivity contribution in [2.24, 2.45) is 0 Å². The third-order valence-electron chi connectivity index (χ3n) is 2.28. The average molecular weight is 255 g/mol. The van der Waals surface area contributed by atoms with Crippen molar-refractivity contribution in [2.75, 3.05) is 0 Å². The van der Waals surface area contributed by atoms with Crippen molar-refractivity contribution < 1.29 is 5.11 Å². The third kappa shape index (κ3) is 1.35. The van der Waals surface area contributed by atoms with Gasteiger partial charge in [0.15, 0.2) is 0 Å². The highest BCUT2D eigenvalue weighted by Crippen LogP contribution is 2.25. The van der Waals surface area contributed by atoms with Crippen molar-refractivity contribution in [3.63, 3.8) is 0 Å². The summed E-state index contributed by atoms with van der Waals surface area (Å²) in [6.07, 6.45) is 0. The number of aliphatic hydroxyl groups excluding tert-OH is 1. The van der Waals surface area contributed by atoms with Crippen molar-refractivity contribution in [3.05, 3.63) is 28.4 Å². The molecule has 2 aromatic rings. The van der Waals surface area contributed by atoms with Crippen LogP contribution < -0.4 is 0 Å². The van der Waals surface area contributed by atoms with Crippen LogP contribution in [0.1, 0.15) is 12.6 Å². The second-order valence-corrected chi connectivity index (χ2v) is 3.91. The maximum atomic E-state index is 9.25. The summed E-state index contributed by atoms with van der Waals surface area (Å²) in [5.74, 6) is 0. The van der Waals surface area contributed by atoms with Gasteiger partial charge in [-0.15, -0.1) is 0 Å². The summed E-state index contributed by atoms with van der Waals surface area (Å²) < 4.78 is 2.80. The van der Waals surface area contributed by atoms with Crippen molar-refractivity contribution in [2.45, 2.75) is 20.1 Å². The third-order valence-corrected chi connectivity index (χ3v) is 2.92. The molecule has 1 N–H and O–H groups in total. The van der Waals surface area contributed by atoms with Crippen LogP contribution in [-0.4, -0.2) is 14.9 Å². The van der Waals surface area contributed by atoms with Crippen LogP contribution in [0.5, 0.6) is 0 Å². The number of hydrogen-bond acceptors (Lipinski definition) is 2. The summed E-state index contributed by atoms with van der Waals surface area (Å²) in [5.41, 5.74) is 1.79. The summed E-state index contributed by atoms with van der Waals surface area (Å²) in [4.78, 5) is 0. The lowest BCUT2D eigenvalue weighted by Crippen LogP contribution is -2.01. The molecular formula is C10H11BrN2O. The maximum absolute atomic E-state index is 9.25. The number of halogens is 1. The molecule has 3 nitrogen and oxygen atoms in total. The summed E-state index contributed by atoms with van der Waals surface area (Å²) in [5, 5.41) is 14.7. The summed E-state index contributed by atoms with van der Waals surface area (Å²) in [6, 6.07) is 5.88. The van der Waals surface area contributed by atoms with Gasteiger partial charge in [-0.1, -0.05) is 12.1 Å². The van der Waals surface area contributed by atoms with Gasteiger partial charge in [0.2, 0.25) is 0 Å². The normalized spacial score (nSPS) is 11.1. The van der Waals surface area contributed by atoms with E-state index in [-0.39, 0.29) is 6.61 Å². The lowest BCUT2D eigenvalue weighted by molar-refractivity contribution is 0.270. The number of aryl methyl sites for hydroxylation is 1. The van der Waals surface area contributed by atoms with Crippen LogP contribution in [-0.2, 0) is 13.2 Å². The van der Waals surface area contributed by atoms with Crippen LogP contribution in [0.25, 0.3) is 10.9 Å². The predicted molar refractivity (Wildman–Crippen MR) is 59.0 cm³/mol. The van der Waals surface area contributed by atoms with E-state index < -0.39 is 0 Å². The molecule has 0 spiro atoms. The Morgan fingerprint density at radius 2 is 2.29 bits per heavy atom. The minimum absolute atomic E-state index is 0.0286. The first-order valence-corrected chi connectivity index (χ1v) is 5.32. The largest absolute Gasteiger partial charge is 0.390 e. The van der Waals surface area contributed by atoms with E-state index in [9.17, 15) is 5.11 Å². The molecule has 2 rings (SSSR count). The highest BCUT2D eigenvalue weighted by atomic mass is 79.9. The van der Waals surface area contributed by atoms with Crippen LogP contribution in [0.4, 0.5) is 0 Å². The second-order valence-electron chi connectivity index (χ2n) is 3.06. The zero-order valence-electron chi connectivity index (χ0n) is 7.87. The Balaban J connectivity index is 2.79. The summed E-state index contributed by atoms with van der Waals surface area (Å²) >= 11 is 3.45. The van der Waals surface area contributed by atoms with Gasteiger partial charge < -0.3 is 5.11 Å². The van der Waals surface area contributed by atoms with Crippen molar-refractivity contribution >= 4 is 26.8 Å². The first-order chi connectivity index (χ1) is 6.77. The molecule has 14 heavy (non-hydrogen) atoms. The van der Waals surface area contributed by atoms with Crippen LogP contribution >= 0.6 is 15.9 Å². The van der Waals surface area contributed by atoms with Gasteiger partial charge in [-0.05, 0) is 28.9 Å². The van der Waals surface area contributed by atoms with Gasteiger partial charge >= 0.3 is 0 Å². The lowest BCUT2D eigenvalue weighted by atomic mass is 10.2. The quantitative estimate of drug-likeness (QED) is 0.894. The van der Waals surface area contributed by atoms with Gasteiger partial charge in [-0.3, -0.25) is 4.68 Å². The SMILES string of the molecule is CCn1nc2c(Br)cccc2c1CO. The molecule has 74 valence electrons. The molecular weight excluding hydrogens is 244 g/mol. The summed E-state index contributed by atoms with van der Waals surface area (Å²) in [6.45, 7) is 2.82. The molecule has 1 heterocycles. The standard InChI is InChI=1S/C10H11BrN2O/c1-2-13-9(6-14)7-4-3-5-8(11)10(7)12-13/h3-5,14H,2,6H2,1H3. The first-order valence-electron chi connectivity index (χ1n) is 4.52. The van der Waals surface area contributed by atoms with E-state index in [1.165, 1.54) is 0 Å². The van der Waals surface area contributed by atoms with Gasteiger partial charge in [0.1, 0.15) is 5.52 Å². The molecule has 0 amide bonds. The Morgan fingerprint density at radius 1 is 1.50 bits per heavy atom. The van der Waals surface area contributed by atoms with E-state index in [1.807, 2.05) is 29.8 Å². The molecule has 0 bridgehead atoms. The number of aliphatic hydroxyl groups is 1. The lowest BCUT2D eigenvalue weighted by Gasteiger charge is -1.99. The number of rotatable bonds is 2. The molecule has 0 fully saturated rings. The van der Waals surface area contributed by atoms with Crippen molar-refractivity contribution in [1.29, 1.82) is 0 Å². The van der Waals surface area contributed by atoms with E-state index >= 15 is 0 Å². The highest BCUT2D eigenvalue weighted by Gasteiger charge is 2.10. The van der Waals surface area contributed by atoms with Gasteiger partial charge in [0.05, 0.1) is 12.3 Å². The monoisotopic (exact) mass is 254 g/mol. The second kappa shape index (κ2) is 3.71. The Hall–Kier alpha value is -0.870. The average Bonchev–Trinajstić information content (AvgIpc) is 2.57. The number of benzene rings is 1. The number of fused-ring (bicyclic) bond motifs is 1. The number of nitrogens with zero attached hydrogens (tertiary/aromatic N) is 2. The van der Waals surface area contributed by atoms with Gasteiger partial charge in [0.25, 0.3) is 0 Å². The fourth-order valence-electron chi connectivity index (χ4n) is 1.60. The van der Waals surface area contributed by atoms with E-state index in [4.69, 9.17) is 0 Å². The van der Waals surface area contributed by atoms with Crippen molar-refractivity contribution in [1.82, 2.24) is 9.78 Å². The molecule has 4 heteroatoms. The molecule has 0 aliphatic heterocycles. The maximum Gasteiger partial charge on any atom is 0.107 e. The van der Waals surface area contributed by atoms with E-state index in [2.05, 4.69) is 21.0 Å². The minimum Gasteiger partial charge on any atom is -0.390 e. The fraction of sp³-hybridized carbons (Fsp3) is 0.300. The van der Waals surface area contributed by atoms with E-state index in [0.717, 1.165) is 27.6 Å². The molecule has 0 unspecified atom stereocenters. The summed E-state index contributed by atoms with van der Waals surface area (Å²) in [7, 11) is 0. The zero-order chi connectivity index (χ0) is 10.1. The Bertz CT molecular complexity index is 464. The topological polar surface area (TPSA) is 38.0 Å².